The normalized spacial score (nSPS) is 15.7. The summed E-state index contributed by atoms with van der Waals surface area (Å²) in [7, 11) is 0. The van der Waals surface area contributed by atoms with Crippen LogP contribution < -0.4 is 0 Å². The molecule has 1 aromatic heterocycles. The van der Waals surface area contributed by atoms with Crippen LogP contribution in [-0.2, 0) is 11.3 Å². The van der Waals surface area contributed by atoms with Gasteiger partial charge in [-0.05, 0) is 29.8 Å². The summed E-state index contributed by atoms with van der Waals surface area (Å²) in [5.74, 6) is 1.29. The lowest BCUT2D eigenvalue weighted by atomic mass is 10.2. The number of furan rings is 1. The van der Waals surface area contributed by atoms with Crippen LogP contribution in [0.25, 0.3) is 17.4 Å². The topological polar surface area (TPSA) is 33.5 Å². The van der Waals surface area contributed by atoms with E-state index in [0.29, 0.717) is 21.5 Å². The zero-order valence-electron chi connectivity index (χ0n) is 14.1. The van der Waals surface area contributed by atoms with Crippen molar-refractivity contribution < 1.29 is 9.21 Å². The average molecular weight is 456 g/mol. The van der Waals surface area contributed by atoms with Crippen LogP contribution >= 0.6 is 39.9 Å². The van der Waals surface area contributed by atoms with E-state index in [0.717, 1.165) is 21.4 Å². The minimum Gasteiger partial charge on any atom is -0.457 e. The second-order valence-electron chi connectivity index (χ2n) is 5.97. The average Bonchev–Trinajstić information content (AvgIpc) is 3.23. The minimum atomic E-state index is -0.0886. The van der Waals surface area contributed by atoms with Crippen molar-refractivity contribution in [2.45, 2.75) is 6.54 Å². The second kappa shape index (κ2) is 7.84. The van der Waals surface area contributed by atoms with Crippen LogP contribution in [0.15, 0.2) is 80.5 Å². The maximum Gasteiger partial charge on any atom is 0.266 e. The Morgan fingerprint density at radius 3 is 2.67 bits per heavy atom. The standard InChI is InChI=1S/C21H14BrNO2S2/c22-16-8-4-7-15(11-16)18-10-9-17(25-18)12-19-20(24)23(21(26)27-19)13-14-5-2-1-3-6-14/h1-12H,13H2/b19-12-. The van der Waals surface area contributed by atoms with E-state index in [4.69, 9.17) is 16.6 Å². The SMILES string of the molecule is O=C1/C(=C/c2ccc(-c3cccc(Br)c3)o2)SC(=S)N1Cc1ccccc1. The van der Waals surface area contributed by atoms with Crippen LogP contribution in [0, 0.1) is 0 Å². The first-order valence-corrected chi connectivity index (χ1v) is 10.3. The van der Waals surface area contributed by atoms with Gasteiger partial charge in [0.15, 0.2) is 0 Å². The van der Waals surface area contributed by atoms with Gasteiger partial charge in [0.1, 0.15) is 15.8 Å². The second-order valence-corrected chi connectivity index (χ2v) is 8.56. The van der Waals surface area contributed by atoms with Gasteiger partial charge in [0, 0.05) is 16.1 Å². The van der Waals surface area contributed by atoms with Gasteiger partial charge in [-0.2, -0.15) is 0 Å². The molecule has 3 nitrogen and oxygen atoms in total. The summed E-state index contributed by atoms with van der Waals surface area (Å²) in [4.78, 5) is 14.9. The van der Waals surface area contributed by atoms with Crippen LogP contribution in [0.4, 0.5) is 0 Å². The van der Waals surface area contributed by atoms with Crippen molar-refractivity contribution in [3.63, 3.8) is 0 Å². The molecule has 0 radical (unpaired) electrons. The zero-order valence-corrected chi connectivity index (χ0v) is 17.3. The molecule has 0 spiro atoms. The van der Waals surface area contributed by atoms with Gasteiger partial charge in [-0.1, -0.05) is 82.4 Å². The highest BCUT2D eigenvalue weighted by Gasteiger charge is 2.32. The third kappa shape index (κ3) is 4.08. The predicted molar refractivity (Wildman–Crippen MR) is 117 cm³/mol. The van der Waals surface area contributed by atoms with Gasteiger partial charge in [-0.3, -0.25) is 9.69 Å². The van der Waals surface area contributed by atoms with E-state index < -0.39 is 0 Å². The molecule has 1 aliphatic rings. The van der Waals surface area contributed by atoms with Gasteiger partial charge in [-0.15, -0.1) is 0 Å². The zero-order chi connectivity index (χ0) is 18.8. The summed E-state index contributed by atoms with van der Waals surface area (Å²) in [5, 5.41) is 0. The first-order chi connectivity index (χ1) is 13.1. The molecule has 0 bridgehead atoms. The van der Waals surface area contributed by atoms with Crippen molar-refractivity contribution in [3.05, 3.63) is 87.4 Å². The molecule has 2 aromatic carbocycles. The highest BCUT2D eigenvalue weighted by atomic mass is 79.9. The lowest BCUT2D eigenvalue weighted by Gasteiger charge is -2.14. The van der Waals surface area contributed by atoms with Crippen molar-refractivity contribution in [3.8, 4) is 11.3 Å². The van der Waals surface area contributed by atoms with Crippen molar-refractivity contribution >= 4 is 56.2 Å². The smallest absolute Gasteiger partial charge is 0.266 e. The van der Waals surface area contributed by atoms with E-state index in [1.54, 1.807) is 11.0 Å². The highest BCUT2D eigenvalue weighted by molar-refractivity contribution is 9.10. The van der Waals surface area contributed by atoms with Gasteiger partial charge in [0.25, 0.3) is 5.91 Å². The molecule has 6 heteroatoms. The van der Waals surface area contributed by atoms with Crippen LogP contribution in [0.3, 0.4) is 0 Å². The number of hydrogen-bond acceptors (Lipinski definition) is 4. The van der Waals surface area contributed by atoms with E-state index in [2.05, 4.69) is 15.9 Å². The number of benzene rings is 2. The molecule has 0 atom stereocenters. The summed E-state index contributed by atoms with van der Waals surface area (Å²) in [6.07, 6.45) is 1.76. The Hall–Kier alpha value is -2.15. The van der Waals surface area contributed by atoms with Crippen LogP contribution in [0.2, 0.25) is 0 Å². The molecular weight excluding hydrogens is 442 g/mol. The Bertz CT molecular complexity index is 1040. The quantitative estimate of drug-likeness (QED) is 0.350. The molecule has 27 heavy (non-hydrogen) atoms. The number of halogens is 1. The summed E-state index contributed by atoms with van der Waals surface area (Å²) < 4.78 is 7.45. The maximum atomic E-state index is 12.7. The molecule has 0 aliphatic carbocycles. The number of carbonyl (C=O) groups is 1. The van der Waals surface area contributed by atoms with Gasteiger partial charge in [-0.25, -0.2) is 0 Å². The third-order valence-electron chi connectivity index (χ3n) is 4.07. The van der Waals surface area contributed by atoms with E-state index in [-0.39, 0.29) is 5.91 Å². The number of rotatable bonds is 4. The number of nitrogens with zero attached hydrogens (tertiary/aromatic N) is 1. The maximum absolute atomic E-state index is 12.7. The Kier molecular flexibility index (Phi) is 5.29. The molecule has 0 N–H and O–H groups in total. The Labute approximate surface area is 175 Å². The van der Waals surface area contributed by atoms with Crippen molar-refractivity contribution in [2.24, 2.45) is 0 Å². The molecule has 1 amide bonds. The summed E-state index contributed by atoms with van der Waals surface area (Å²) in [6.45, 7) is 0.476. The molecule has 1 fully saturated rings. The predicted octanol–water partition coefficient (Wildman–Crippen LogP) is 6.11. The first-order valence-electron chi connectivity index (χ1n) is 8.25. The van der Waals surface area contributed by atoms with E-state index >= 15 is 0 Å². The third-order valence-corrected chi connectivity index (χ3v) is 5.94. The monoisotopic (exact) mass is 455 g/mol. The van der Waals surface area contributed by atoms with E-state index in [1.807, 2.05) is 66.7 Å². The number of hydrogen-bond donors (Lipinski definition) is 0. The summed E-state index contributed by atoms with van der Waals surface area (Å²) in [5.41, 5.74) is 2.02. The van der Waals surface area contributed by atoms with Gasteiger partial charge in [0.2, 0.25) is 0 Å². The molecule has 2 heterocycles. The number of amides is 1. The van der Waals surface area contributed by atoms with Crippen LogP contribution in [0.1, 0.15) is 11.3 Å². The van der Waals surface area contributed by atoms with Gasteiger partial charge in [0.05, 0.1) is 11.4 Å². The van der Waals surface area contributed by atoms with Crippen LogP contribution in [-0.4, -0.2) is 15.1 Å². The lowest BCUT2D eigenvalue weighted by Crippen LogP contribution is -2.27. The Morgan fingerprint density at radius 2 is 1.89 bits per heavy atom. The van der Waals surface area contributed by atoms with E-state index in [1.165, 1.54) is 11.8 Å². The number of thiocarbonyl (C=S) groups is 1. The fourth-order valence-electron chi connectivity index (χ4n) is 2.76. The Balaban J connectivity index is 1.54. The number of carbonyl (C=O) groups excluding carboxylic acids is 1. The molecule has 0 unspecified atom stereocenters. The number of thioether (sulfide) groups is 1. The fraction of sp³-hybridized carbons (Fsp3) is 0.0476. The molecule has 3 aromatic rings. The minimum absolute atomic E-state index is 0.0886. The molecule has 0 saturated carbocycles. The van der Waals surface area contributed by atoms with Crippen molar-refractivity contribution in [2.75, 3.05) is 0 Å². The molecule has 134 valence electrons. The van der Waals surface area contributed by atoms with E-state index in [9.17, 15) is 4.79 Å². The largest absolute Gasteiger partial charge is 0.457 e. The molecular formula is C21H14BrNO2S2. The first kappa shape index (κ1) is 18.2. The van der Waals surface area contributed by atoms with Crippen molar-refractivity contribution in [1.82, 2.24) is 4.90 Å². The summed E-state index contributed by atoms with van der Waals surface area (Å²) >= 11 is 10.2. The molecule has 4 rings (SSSR count). The molecule has 1 aliphatic heterocycles. The van der Waals surface area contributed by atoms with Crippen molar-refractivity contribution in [1.29, 1.82) is 0 Å². The Morgan fingerprint density at radius 1 is 1.07 bits per heavy atom. The summed E-state index contributed by atoms with van der Waals surface area (Å²) in [6, 6.07) is 21.5. The van der Waals surface area contributed by atoms with Gasteiger partial charge >= 0.3 is 0 Å². The van der Waals surface area contributed by atoms with Crippen LogP contribution in [0.5, 0.6) is 0 Å². The molecule has 1 saturated heterocycles. The highest BCUT2D eigenvalue weighted by Crippen LogP contribution is 2.34. The fourth-order valence-corrected chi connectivity index (χ4v) is 4.39. The lowest BCUT2D eigenvalue weighted by molar-refractivity contribution is -0.122. The van der Waals surface area contributed by atoms with Gasteiger partial charge < -0.3 is 4.42 Å².